The monoisotopic (exact) mass is 288 g/mol. The van der Waals surface area contributed by atoms with E-state index < -0.39 is 0 Å². The van der Waals surface area contributed by atoms with Crippen LogP contribution in [-0.2, 0) is 0 Å². The minimum absolute atomic E-state index is 0.184. The zero-order valence-corrected chi connectivity index (χ0v) is 12.1. The maximum atomic E-state index is 12.2. The summed E-state index contributed by atoms with van der Waals surface area (Å²) in [7, 11) is 0. The fraction of sp³-hybridized carbons (Fsp3) is 0.312. The number of rotatable bonds is 7. The van der Waals surface area contributed by atoms with Gasteiger partial charge in [-0.2, -0.15) is 0 Å². The highest BCUT2D eigenvalue weighted by atomic mass is 16.5. The van der Waals surface area contributed by atoms with E-state index in [0.29, 0.717) is 23.6 Å². The Labute approximate surface area is 123 Å². The van der Waals surface area contributed by atoms with E-state index in [9.17, 15) is 4.79 Å². The van der Waals surface area contributed by atoms with Crippen molar-refractivity contribution in [1.29, 1.82) is 0 Å². The van der Waals surface area contributed by atoms with Gasteiger partial charge in [-0.1, -0.05) is 26.0 Å². The molecule has 0 aliphatic heterocycles. The SMILES string of the molecule is C=CCOc1c(OCCCC)c2ccc(N)cc2[nH]c1=O. The van der Waals surface area contributed by atoms with E-state index in [-0.39, 0.29) is 17.9 Å². The smallest absolute Gasteiger partial charge is 0.294 e. The lowest BCUT2D eigenvalue weighted by atomic mass is 10.1. The number of pyridine rings is 1. The summed E-state index contributed by atoms with van der Waals surface area (Å²) >= 11 is 0. The number of H-pyrrole nitrogens is 1. The number of nitrogens with one attached hydrogen (secondary N) is 1. The van der Waals surface area contributed by atoms with Gasteiger partial charge in [-0.15, -0.1) is 0 Å². The summed E-state index contributed by atoms with van der Waals surface area (Å²) in [4.78, 5) is 14.9. The van der Waals surface area contributed by atoms with Gasteiger partial charge in [0.1, 0.15) is 6.61 Å². The molecule has 5 nitrogen and oxygen atoms in total. The molecule has 2 aromatic rings. The van der Waals surface area contributed by atoms with Gasteiger partial charge in [-0.05, 0) is 24.6 Å². The van der Waals surface area contributed by atoms with Crippen LogP contribution in [0, 0.1) is 0 Å². The van der Waals surface area contributed by atoms with Gasteiger partial charge in [0, 0.05) is 11.1 Å². The predicted octanol–water partition coefficient (Wildman–Crippen LogP) is 2.85. The van der Waals surface area contributed by atoms with Crippen LogP contribution < -0.4 is 20.8 Å². The van der Waals surface area contributed by atoms with E-state index >= 15 is 0 Å². The van der Waals surface area contributed by atoms with Crippen LogP contribution in [0.1, 0.15) is 19.8 Å². The van der Waals surface area contributed by atoms with Crippen LogP contribution in [0.25, 0.3) is 10.9 Å². The molecule has 0 spiro atoms. The average Bonchev–Trinajstić information content (AvgIpc) is 2.46. The lowest BCUT2D eigenvalue weighted by molar-refractivity contribution is 0.280. The fourth-order valence-corrected chi connectivity index (χ4v) is 2.00. The number of fused-ring (bicyclic) bond motifs is 1. The molecule has 0 aliphatic rings. The van der Waals surface area contributed by atoms with Gasteiger partial charge in [0.2, 0.25) is 5.75 Å². The summed E-state index contributed by atoms with van der Waals surface area (Å²) in [6, 6.07) is 5.30. The summed E-state index contributed by atoms with van der Waals surface area (Å²) in [6.07, 6.45) is 3.50. The average molecular weight is 288 g/mol. The first-order chi connectivity index (χ1) is 10.2. The van der Waals surface area contributed by atoms with Crippen molar-refractivity contribution in [2.45, 2.75) is 19.8 Å². The Bertz CT molecular complexity index is 692. The molecule has 0 fully saturated rings. The summed E-state index contributed by atoms with van der Waals surface area (Å²) in [5.74, 6) is 0.646. The molecule has 0 unspecified atom stereocenters. The van der Waals surface area contributed by atoms with Crippen LogP contribution in [0.3, 0.4) is 0 Å². The van der Waals surface area contributed by atoms with Gasteiger partial charge in [-0.3, -0.25) is 4.79 Å². The van der Waals surface area contributed by atoms with Gasteiger partial charge in [0.15, 0.2) is 5.75 Å². The van der Waals surface area contributed by atoms with E-state index in [1.54, 1.807) is 18.2 Å². The van der Waals surface area contributed by atoms with Gasteiger partial charge < -0.3 is 20.2 Å². The van der Waals surface area contributed by atoms with Crippen molar-refractivity contribution < 1.29 is 9.47 Å². The molecule has 5 heteroatoms. The second-order valence-corrected chi connectivity index (χ2v) is 4.72. The van der Waals surface area contributed by atoms with Crippen molar-refractivity contribution in [3.8, 4) is 11.5 Å². The highest BCUT2D eigenvalue weighted by Gasteiger charge is 2.15. The van der Waals surface area contributed by atoms with Crippen LogP contribution in [0.4, 0.5) is 5.69 Å². The number of ether oxygens (including phenoxy) is 2. The molecule has 21 heavy (non-hydrogen) atoms. The molecule has 112 valence electrons. The first-order valence-corrected chi connectivity index (χ1v) is 6.99. The number of nitrogen functional groups attached to an aromatic ring is 1. The quantitative estimate of drug-likeness (QED) is 0.466. The second kappa shape index (κ2) is 6.83. The van der Waals surface area contributed by atoms with Crippen LogP contribution in [0.15, 0.2) is 35.6 Å². The zero-order chi connectivity index (χ0) is 15.2. The Kier molecular flexibility index (Phi) is 4.87. The summed E-state index contributed by atoms with van der Waals surface area (Å²) in [6.45, 7) is 6.44. The van der Waals surface area contributed by atoms with Gasteiger partial charge in [0.05, 0.1) is 12.1 Å². The molecule has 0 saturated heterocycles. The fourth-order valence-electron chi connectivity index (χ4n) is 2.00. The number of hydrogen-bond acceptors (Lipinski definition) is 4. The van der Waals surface area contributed by atoms with Crippen molar-refractivity contribution in [1.82, 2.24) is 4.98 Å². The Morgan fingerprint density at radius 3 is 2.86 bits per heavy atom. The van der Waals surface area contributed by atoms with Gasteiger partial charge >= 0.3 is 0 Å². The highest BCUT2D eigenvalue weighted by molar-refractivity contribution is 5.89. The summed E-state index contributed by atoms with van der Waals surface area (Å²) in [5, 5.41) is 0.777. The lowest BCUT2D eigenvalue weighted by Crippen LogP contribution is -2.14. The third kappa shape index (κ3) is 3.37. The normalized spacial score (nSPS) is 10.5. The molecule has 1 aromatic carbocycles. The zero-order valence-electron chi connectivity index (χ0n) is 12.1. The molecule has 0 bridgehead atoms. The third-order valence-corrected chi connectivity index (χ3v) is 3.04. The maximum Gasteiger partial charge on any atom is 0.294 e. The van der Waals surface area contributed by atoms with Crippen molar-refractivity contribution in [3.05, 3.63) is 41.2 Å². The van der Waals surface area contributed by atoms with Crippen molar-refractivity contribution in [2.24, 2.45) is 0 Å². The van der Waals surface area contributed by atoms with Gasteiger partial charge in [0.25, 0.3) is 5.56 Å². The van der Waals surface area contributed by atoms with Crippen molar-refractivity contribution in [3.63, 3.8) is 0 Å². The number of aromatic amines is 1. The van der Waals surface area contributed by atoms with E-state index in [2.05, 4.69) is 18.5 Å². The number of anilines is 1. The maximum absolute atomic E-state index is 12.2. The minimum Gasteiger partial charge on any atom is -0.489 e. The van der Waals surface area contributed by atoms with Crippen LogP contribution in [0.2, 0.25) is 0 Å². The van der Waals surface area contributed by atoms with Crippen LogP contribution in [0.5, 0.6) is 11.5 Å². The number of nitrogens with two attached hydrogens (primary N) is 1. The molecule has 0 radical (unpaired) electrons. The number of unbranched alkanes of at least 4 members (excludes halogenated alkanes) is 1. The van der Waals surface area contributed by atoms with Crippen LogP contribution in [-0.4, -0.2) is 18.2 Å². The highest BCUT2D eigenvalue weighted by Crippen LogP contribution is 2.32. The van der Waals surface area contributed by atoms with Crippen molar-refractivity contribution in [2.75, 3.05) is 18.9 Å². The number of hydrogen-bond donors (Lipinski definition) is 2. The Hall–Kier alpha value is -2.43. The molecule has 0 atom stereocenters. The minimum atomic E-state index is -0.332. The Balaban J connectivity index is 2.54. The van der Waals surface area contributed by atoms with Crippen molar-refractivity contribution >= 4 is 16.6 Å². The summed E-state index contributed by atoms with van der Waals surface area (Å²) in [5.41, 5.74) is 6.64. The van der Waals surface area contributed by atoms with E-state index in [4.69, 9.17) is 15.2 Å². The molecule has 1 aromatic heterocycles. The molecule has 0 saturated carbocycles. The third-order valence-electron chi connectivity index (χ3n) is 3.04. The standard InChI is InChI=1S/C16H20N2O3/c1-3-5-9-21-14-12-7-6-11(17)10-13(12)18-16(19)15(14)20-8-4-2/h4,6-7,10H,2-3,5,8-9,17H2,1H3,(H,18,19). The molecule has 0 amide bonds. The molecular weight excluding hydrogens is 268 g/mol. The molecule has 0 aliphatic carbocycles. The topological polar surface area (TPSA) is 77.3 Å². The largest absolute Gasteiger partial charge is 0.489 e. The summed E-state index contributed by atoms with van der Waals surface area (Å²) < 4.78 is 11.3. The number of benzene rings is 1. The Morgan fingerprint density at radius 2 is 2.14 bits per heavy atom. The number of aromatic nitrogens is 1. The van der Waals surface area contributed by atoms with E-state index in [0.717, 1.165) is 18.2 Å². The molecule has 1 heterocycles. The van der Waals surface area contributed by atoms with Gasteiger partial charge in [-0.25, -0.2) is 0 Å². The lowest BCUT2D eigenvalue weighted by Gasteiger charge is -2.14. The van der Waals surface area contributed by atoms with E-state index in [1.165, 1.54) is 0 Å². The Morgan fingerprint density at radius 1 is 1.33 bits per heavy atom. The predicted molar refractivity (Wildman–Crippen MR) is 85.1 cm³/mol. The second-order valence-electron chi connectivity index (χ2n) is 4.72. The molecule has 2 rings (SSSR count). The first kappa shape index (κ1) is 15.0. The van der Waals surface area contributed by atoms with Crippen LogP contribution >= 0.6 is 0 Å². The molecular formula is C16H20N2O3. The first-order valence-electron chi connectivity index (χ1n) is 6.99. The molecule has 3 N–H and O–H groups in total. The van der Waals surface area contributed by atoms with E-state index in [1.807, 2.05) is 6.07 Å².